The smallest absolute Gasteiger partial charge is 0.174 e. The number of benzene rings is 2. The number of rotatable bonds is 4. The zero-order valence-corrected chi connectivity index (χ0v) is 21.4. The molecule has 2 atom stereocenters. The van der Waals surface area contributed by atoms with Crippen molar-refractivity contribution >= 4 is 46.2 Å². The van der Waals surface area contributed by atoms with Crippen molar-refractivity contribution in [1.82, 2.24) is 14.9 Å². The number of hydrogen-bond acceptors (Lipinski definition) is 2. The Labute approximate surface area is 215 Å². The molecule has 0 unspecified atom stereocenters. The fourth-order valence-electron chi connectivity index (χ4n) is 4.85. The Morgan fingerprint density at radius 3 is 2.41 bits per heavy atom. The number of nitrogens with one attached hydrogen (secondary N) is 1. The number of hydrogen-bond donors (Lipinski definition) is 1. The van der Waals surface area contributed by atoms with Crippen LogP contribution >= 0.6 is 35.4 Å². The number of thiocarbonyl (C=S) groups is 1. The van der Waals surface area contributed by atoms with Gasteiger partial charge in [-0.3, -0.25) is 4.98 Å². The summed E-state index contributed by atoms with van der Waals surface area (Å²) in [7, 11) is 0. The molecule has 2 aromatic heterocycles. The lowest BCUT2D eigenvalue weighted by molar-refractivity contribution is 0.565. The van der Waals surface area contributed by atoms with Gasteiger partial charge >= 0.3 is 0 Å². The van der Waals surface area contributed by atoms with Crippen LogP contribution in [-0.2, 0) is 0 Å². The van der Waals surface area contributed by atoms with Gasteiger partial charge < -0.3 is 14.8 Å². The third-order valence-electron chi connectivity index (χ3n) is 6.47. The van der Waals surface area contributed by atoms with Gasteiger partial charge in [-0.05, 0) is 98.7 Å². The van der Waals surface area contributed by atoms with E-state index in [0.29, 0.717) is 10.1 Å². The first-order valence-corrected chi connectivity index (χ1v) is 12.2. The van der Waals surface area contributed by atoms with E-state index in [-0.39, 0.29) is 12.1 Å². The van der Waals surface area contributed by atoms with E-state index in [1.807, 2.05) is 60.8 Å². The van der Waals surface area contributed by atoms with Crippen molar-refractivity contribution in [3.63, 3.8) is 0 Å². The van der Waals surface area contributed by atoms with Crippen LogP contribution in [0.25, 0.3) is 5.69 Å². The Bertz CT molecular complexity index is 1370. The van der Waals surface area contributed by atoms with Crippen molar-refractivity contribution in [3.05, 3.63) is 111 Å². The highest BCUT2D eigenvalue weighted by molar-refractivity contribution is 7.80. The van der Waals surface area contributed by atoms with E-state index in [1.54, 1.807) is 0 Å². The maximum atomic E-state index is 6.47. The summed E-state index contributed by atoms with van der Waals surface area (Å²) in [6.45, 7) is 6.33. The molecule has 0 amide bonds. The van der Waals surface area contributed by atoms with Gasteiger partial charge in [0, 0.05) is 39.0 Å². The van der Waals surface area contributed by atoms with Gasteiger partial charge in [0.25, 0.3) is 0 Å². The lowest BCUT2D eigenvalue weighted by Crippen LogP contribution is -2.29. The summed E-state index contributed by atoms with van der Waals surface area (Å²) < 4.78 is 2.27. The van der Waals surface area contributed by atoms with E-state index in [9.17, 15) is 0 Å². The van der Waals surface area contributed by atoms with Gasteiger partial charge in [-0.1, -0.05) is 35.3 Å². The molecule has 0 aliphatic carbocycles. The summed E-state index contributed by atoms with van der Waals surface area (Å²) in [5.74, 6) is 0. The van der Waals surface area contributed by atoms with Crippen molar-refractivity contribution in [2.24, 2.45) is 0 Å². The quantitative estimate of drug-likeness (QED) is 0.294. The Morgan fingerprint density at radius 1 is 0.941 bits per heavy atom. The molecule has 2 aromatic carbocycles. The maximum absolute atomic E-state index is 6.47. The monoisotopic (exact) mass is 506 g/mol. The number of pyridine rings is 1. The van der Waals surface area contributed by atoms with Gasteiger partial charge in [0.05, 0.1) is 17.8 Å². The fourth-order valence-corrected chi connectivity index (χ4v) is 5.49. The van der Waals surface area contributed by atoms with E-state index >= 15 is 0 Å². The summed E-state index contributed by atoms with van der Waals surface area (Å²) in [6.07, 6.45) is 1.82. The number of halogens is 2. The first-order valence-electron chi connectivity index (χ1n) is 11.1. The van der Waals surface area contributed by atoms with Gasteiger partial charge in [0.15, 0.2) is 5.11 Å². The van der Waals surface area contributed by atoms with Crippen molar-refractivity contribution in [1.29, 1.82) is 0 Å². The Morgan fingerprint density at radius 2 is 1.71 bits per heavy atom. The van der Waals surface area contributed by atoms with E-state index in [1.165, 1.54) is 5.56 Å². The second kappa shape index (κ2) is 9.06. The fraction of sp³-hybridized carbons (Fsp3) is 0.185. The molecule has 172 valence electrons. The van der Waals surface area contributed by atoms with Gasteiger partial charge in [0.1, 0.15) is 0 Å². The molecule has 1 aliphatic heterocycles. The standard InChI is InChI=1S/C27H24Cl2N4S/c1-16-15-21(18(3)32(16)24-9-6-7-22(29)17(24)2)26-25(23-8-4-5-14-30-23)31-27(34)33(26)20-12-10-19(28)11-13-20/h4-15,25-26H,1-3H3,(H,31,34)/t25-,26-/m1/s1. The molecular formula is C27H24Cl2N4S. The lowest BCUT2D eigenvalue weighted by Gasteiger charge is -2.28. The predicted molar refractivity (Wildman–Crippen MR) is 144 cm³/mol. The molecule has 1 saturated heterocycles. The number of aromatic nitrogens is 2. The van der Waals surface area contributed by atoms with Crippen LogP contribution < -0.4 is 10.2 Å². The highest BCUT2D eigenvalue weighted by Gasteiger charge is 2.42. The Balaban J connectivity index is 1.70. The van der Waals surface area contributed by atoms with Crippen LogP contribution in [0.5, 0.6) is 0 Å². The average molecular weight is 507 g/mol. The molecule has 1 N–H and O–H groups in total. The molecule has 0 spiro atoms. The summed E-state index contributed by atoms with van der Waals surface area (Å²) in [5, 5.41) is 5.63. The molecule has 3 heterocycles. The first-order chi connectivity index (χ1) is 16.4. The van der Waals surface area contributed by atoms with Gasteiger partial charge in [-0.15, -0.1) is 0 Å². The second-order valence-corrected chi connectivity index (χ2v) is 9.75. The number of anilines is 1. The molecule has 0 bridgehead atoms. The molecular weight excluding hydrogens is 483 g/mol. The normalized spacial score (nSPS) is 17.8. The third-order valence-corrected chi connectivity index (χ3v) is 7.45. The van der Waals surface area contributed by atoms with Crippen LogP contribution in [0.3, 0.4) is 0 Å². The van der Waals surface area contributed by atoms with Crippen LogP contribution in [0, 0.1) is 20.8 Å². The van der Waals surface area contributed by atoms with E-state index in [2.05, 4.69) is 52.7 Å². The van der Waals surface area contributed by atoms with Crippen LogP contribution in [0.4, 0.5) is 5.69 Å². The van der Waals surface area contributed by atoms with E-state index in [0.717, 1.165) is 39.0 Å². The van der Waals surface area contributed by atoms with Gasteiger partial charge in [-0.25, -0.2) is 0 Å². The van der Waals surface area contributed by atoms with Crippen LogP contribution in [0.15, 0.2) is 72.9 Å². The molecule has 0 saturated carbocycles. The van der Waals surface area contributed by atoms with Crippen molar-refractivity contribution in [2.45, 2.75) is 32.9 Å². The van der Waals surface area contributed by atoms with Gasteiger partial charge in [-0.2, -0.15) is 0 Å². The van der Waals surface area contributed by atoms with Gasteiger partial charge in [0.2, 0.25) is 0 Å². The highest BCUT2D eigenvalue weighted by Crippen LogP contribution is 2.44. The molecule has 1 fully saturated rings. The Hall–Kier alpha value is -2.86. The first kappa shape index (κ1) is 22.9. The molecule has 7 heteroatoms. The number of nitrogens with zero attached hydrogens (tertiary/aromatic N) is 3. The highest BCUT2D eigenvalue weighted by atomic mass is 35.5. The Kier molecular flexibility index (Phi) is 6.11. The SMILES string of the molecule is Cc1c(Cl)cccc1-n1c(C)cc([C@@H]2[C@@H](c3ccccn3)NC(=S)N2c2ccc(Cl)cc2)c1C. The summed E-state index contributed by atoms with van der Waals surface area (Å²) in [4.78, 5) is 6.83. The van der Waals surface area contributed by atoms with E-state index < -0.39 is 0 Å². The van der Waals surface area contributed by atoms with Crippen molar-refractivity contribution < 1.29 is 0 Å². The minimum atomic E-state index is -0.112. The molecule has 5 rings (SSSR count). The summed E-state index contributed by atoms with van der Waals surface area (Å²) in [5.41, 5.74) is 7.49. The predicted octanol–water partition coefficient (Wildman–Crippen LogP) is 7.28. The molecule has 34 heavy (non-hydrogen) atoms. The van der Waals surface area contributed by atoms with Crippen molar-refractivity contribution in [2.75, 3.05) is 4.90 Å². The lowest BCUT2D eigenvalue weighted by atomic mass is 9.96. The topological polar surface area (TPSA) is 33.1 Å². The average Bonchev–Trinajstić information content (AvgIpc) is 3.32. The van der Waals surface area contributed by atoms with Crippen molar-refractivity contribution in [3.8, 4) is 5.69 Å². The minimum absolute atomic E-state index is 0.0944. The minimum Gasteiger partial charge on any atom is -0.351 e. The number of aryl methyl sites for hydroxylation is 1. The van der Waals surface area contributed by atoms with Crippen LogP contribution in [0.1, 0.15) is 40.3 Å². The van der Waals surface area contributed by atoms with E-state index in [4.69, 9.17) is 35.4 Å². The third kappa shape index (κ3) is 3.88. The molecule has 1 aliphatic rings. The summed E-state index contributed by atoms with van der Waals surface area (Å²) in [6, 6.07) is 21.8. The zero-order chi connectivity index (χ0) is 24.0. The maximum Gasteiger partial charge on any atom is 0.174 e. The largest absolute Gasteiger partial charge is 0.351 e. The molecule has 4 aromatic rings. The van der Waals surface area contributed by atoms with Crippen LogP contribution in [-0.4, -0.2) is 14.7 Å². The van der Waals surface area contributed by atoms with Crippen LogP contribution in [0.2, 0.25) is 10.0 Å². The molecule has 0 radical (unpaired) electrons. The second-order valence-electron chi connectivity index (χ2n) is 8.52. The zero-order valence-electron chi connectivity index (χ0n) is 19.1. The molecule has 4 nitrogen and oxygen atoms in total. The summed E-state index contributed by atoms with van der Waals surface area (Å²) >= 11 is 18.5.